The molecule has 0 fully saturated rings. The summed E-state index contributed by atoms with van der Waals surface area (Å²) < 4.78 is 12.8. The van der Waals surface area contributed by atoms with Crippen LogP contribution in [0.3, 0.4) is 0 Å². The van der Waals surface area contributed by atoms with E-state index in [9.17, 15) is 10.1 Å². The lowest BCUT2D eigenvalue weighted by atomic mass is 9.87. The van der Waals surface area contributed by atoms with E-state index in [-0.39, 0.29) is 29.1 Å². The molecule has 0 aliphatic carbocycles. The van der Waals surface area contributed by atoms with Gasteiger partial charge in [0.05, 0.1) is 19.9 Å². The molecule has 8 heteroatoms. The number of nitrogens with one attached hydrogen (secondary N) is 1. The zero-order valence-corrected chi connectivity index (χ0v) is 21.8. The van der Waals surface area contributed by atoms with Gasteiger partial charge in [-0.1, -0.05) is 45.0 Å². The predicted molar refractivity (Wildman–Crippen MR) is 143 cm³/mol. The van der Waals surface area contributed by atoms with Crippen LogP contribution in [-0.2, 0) is 10.2 Å². The number of carbonyl (C=O) groups is 1. The van der Waals surface area contributed by atoms with Gasteiger partial charge < -0.3 is 14.8 Å². The van der Waals surface area contributed by atoms with Gasteiger partial charge in [-0.25, -0.2) is 4.98 Å². The second kappa shape index (κ2) is 10.7. The zero-order valence-electron chi connectivity index (χ0n) is 21.8. The van der Waals surface area contributed by atoms with Crippen molar-refractivity contribution in [3.63, 3.8) is 0 Å². The first-order chi connectivity index (χ1) is 17.7. The average molecular weight is 498 g/mol. The molecule has 0 saturated heterocycles. The maximum Gasteiger partial charge on any atom is 0.225 e. The van der Waals surface area contributed by atoms with E-state index in [4.69, 9.17) is 14.5 Å². The minimum atomic E-state index is -0.236. The lowest BCUT2D eigenvalue weighted by Gasteiger charge is -2.19. The summed E-state index contributed by atoms with van der Waals surface area (Å²) in [7, 11) is 1.59. The van der Waals surface area contributed by atoms with E-state index in [1.54, 1.807) is 7.11 Å². The number of ether oxygens (including phenoxy) is 2. The topological polar surface area (TPSA) is 102 Å². The van der Waals surface area contributed by atoms with Crippen LogP contribution in [-0.4, -0.2) is 34.4 Å². The second-order valence-corrected chi connectivity index (χ2v) is 9.86. The summed E-state index contributed by atoms with van der Waals surface area (Å²) in [5, 5.41) is 17.7. The highest BCUT2D eigenvalue weighted by Crippen LogP contribution is 2.29. The summed E-state index contributed by atoms with van der Waals surface area (Å²) in [6, 6.07) is 17.7. The molecular weight excluding hydrogens is 466 g/mol. The minimum Gasteiger partial charge on any atom is -0.494 e. The Morgan fingerprint density at radius 3 is 2.59 bits per heavy atom. The Labute approximate surface area is 216 Å². The van der Waals surface area contributed by atoms with Crippen LogP contribution in [0.15, 0.2) is 54.7 Å². The summed E-state index contributed by atoms with van der Waals surface area (Å²) in [5.41, 5.74) is 3.22. The van der Waals surface area contributed by atoms with Crippen molar-refractivity contribution in [1.29, 1.82) is 5.26 Å². The van der Waals surface area contributed by atoms with E-state index >= 15 is 0 Å². The number of anilines is 1. The van der Waals surface area contributed by atoms with Gasteiger partial charge >= 0.3 is 0 Å². The van der Waals surface area contributed by atoms with Gasteiger partial charge in [0.25, 0.3) is 0 Å². The van der Waals surface area contributed by atoms with E-state index < -0.39 is 0 Å². The van der Waals surface area contributed by atoms with Crippen LogP contribution < -0.4 is 14.8 Å². The molecule has 2 heterocycles. The van der Waals surface area contributed by atoms with Crippen molar-refractivity contribution in [3.8, 4) is 23.4 Å². The molecule has 2 aromatic heterocycles. The smallest absolute Gasteiger partial charge is 0.225 e. The molecule has 190 valence electrons. The Morgan fingerprint density at radius 1 is 1.16 bits per heavy atom. The highest BCUT2D eigenvalue weighted by molar-refractivity contribution is 5.92. The third-order valence-electron chi connectivity index (χ3n) is 6.12. The number of nitrogens with zero attached hydrogens (tertiary/aromatic N) is 4. The maximum absolute atomic E-state index is 12.8. The highest BCUT2D eigenvalue weighted by atomic mass is 16.5. The number of pyridine rings is 1. The van der Waals surface area contributed by atoms with Gasteiger partial charge in [-0.2, -0.15) is 15.0 Å². The standard InChI is InChI=1S/C29H31N5O3/c1-19-16-25(32-27-23(19)8-6-9-24(27)36-5)34-28(20(17-30)18-31-34)33-26(35)10-7-15-37-22-13-11-21(12-14-22)29(2,3)4/h6,8-9,11-14,16,18H,7,10,15H2,1-5H3,(H,33,35). The van der Waals surface area contributed by atoms with Gasteiger partial charge in [0, 0.05) is 11.8 Å². The molecule has 4 aromatic rings. The number of nitriles is 1. The van der Waals surface area contributed by atoms with Crippen LogP contribution in [0.2, 0.25) is 0 Å². The molecular formula is C29H31N5O3. The van der Waals surface area contributed by atoms with Crippen LogP contribution in [0.4, 0.5) is 5.82 Å². The van der Waals surface area contributed by atoms with E-state index in [2.05, 4.69) is 49.4 Å². The SMILES string of the molecule is COc1cccc2c(C)cc(-n3ncc(C#N)c3NC(=O)CCCOc3ccc(C(C)(C)C)cc3)nc12. The number of aryl methyl sites for hydroxylation is 1. The normalized spacial score (nSPS) is 11.2. The Bertz CT molecular complexity index is 1460. The number of methoxy groups -OCH3 is 1. The number of hydrogen-bond donors (Lipinski definition) is 1. The van der Waals surface area contributed by atoms with E-state index in [1.165, 1.54) is 16.4 Å². The lowest BCUT2D eigenvalue weighted by molar-refractivity contribution is -0.116. The van der Waals surface area contributed by atoms with Gasteiger partial charge in [0.2, 0.25) is 5.91 Å². The number of rotatable bonds is 8. The van der Waals surface area contributed by atoms with Crippen molar-refractivity contribution in [2.24, 2.45) is 0 Å². The molecule has 0 bridgehead atoms. The number of benzene rings is 2. The second-order valence-electron chi connectivity index (χ2n) is 9.86. The monoisotopic (exact) mass is 497 g/mol. The van der Waals surface area contributed by atoms with Crippen LogP contribution >= 0.6 is 0 Å². The highest BCUT2D eigenvalue weighted by Gasteiger charge is 2.18. The first-order valence-electron chi connectivity index (χ1n) is 12.2. The fourth-order valence-electron chi connectivity index (χ4n) is 4.04. The summed E-state index contributed by atoms with van der Waals surface area (Å²) >= 11 is 0. The number of fused-ring (bicyclic) bond motifs is 1. The lowest BCUT2D eigenvalue weighted by Crippen LogP contribution is -2.17. The fourth-order valence-corrected chi connectivity index (χ4v) is 4.04. The maximum atomic E-state index is 12.8. The number of amides is 1. The average Bonchev–Trinajstić information content (AvgIpc) is 3.28. The molecule has 0 spiro atoms. The summed E-state index contributed by atoms with van der Waals surface area (Å²) in [4.78, 5) is 17.5. The molecule has 0 atom stereocenters. The Balaban J connectivity index is 1.44. The van der Waals surface area contributed by atoms with Gasteiger partial charge in [-0.15, -0.1) is 0 Å². The van der Waals surface area contributed by atoms with Gasteiger partial charge in [-0.3, -0.25) is 4.79 Å². The minimum absolute atomic E-state index is 0.0819. The van der Waals surface area contributed by atoms with Gasteiger partial charge in [0.1, 0.15) is 28.6 Å². The predicted octanol–water partition coefficient (Wildman–Crippen LogP) is 5.70. The first kappa shape index (κ1) is 25.7. The first-order valence-corrected chi connectivity index (χ1v) is 12.2. The summed E-state index contributed by atoms with van der Waals surface area (Å²) in [6.45, 7) is 8.87. The van der Waals surface area contributed by atoms with E-state index in [1.807, 2.05) is 43.3 Å². The zero-order chi connectivity index (χ0) is 26.6. The van der Waals surface area contributed by atoms with Crippen LogP contribution in [0.1, 0.15) is 50.3 Å². The quantitative estimate of drug-likeness (QED) is 0.313. The Morgan fingerprint density at radius 2 is 1.92 bits per heavy atom. The van der Waals surface area contributed by atoms with Gasteiger partial charge in [0.15, 0.2) is 11.6 Å². The van der Waals surface area contributed by atoms with Crippen molar-refractivity contribution < 1.29 is 14.3 Å². The molecule has 8 nitrogen and oxygen atoms in total. The van der Waals surface area contributed by atoms with Crippen LogP contribution in [0.25, 0.3) is 16.7 Å². The summed E-state index contributed by atoms with van der Waals surface area (Å²) in [6.07, 6.45) is 2.17. The van der Waals surface area contributed by atoms with Crippen molar-refractivity contribution in [3.05, 3.63) is 71.4 Å². The number of hydrogen-bond acceptors (Lipinski definition) is 6. The van der Waals surface area contributed by atoms with Crippen molar-refractivity contribution in [1.82, 2.24) is 14.8 Å². The van der Waals surface area contributed by atoms with E-state index in [0.29, 0.717) is 30.1 Å². The van der Waals surface area contributed by atoms with Crippen LogP contribution in [0.5, 0.6) is 11.5 Å². The molecule has 4 rings (SSSR count). The number of carbonyl (C=O) groups excluding carboxylic acids is 1. The molecule has 37 heavy (non-hydrogen) atoms. The van der Waals surface area contributed by atoms with E-state index in [0.717, 1.165) is 16.7 Å². The number of aromatic nitrogens is 3. The third-order valence-corrected chi connectivity index (χ3v) is 6.12. The molecule has 2 aromatic carbocycles. The molecule has 0 unspecified atom stereocenters. The summed E-state index contributed by atoms with van der Waals surface area (Å²) in [5.74, 6) is 1.93. The number of para-hydroxylation sites is 1. The molecule has 0 aliphatic rings. The largest absolute Gasteiger partial charge is 0.494 e. The molecule has 1 amide bonds. The molecule has 0 saturated carbocycles. The molecule has 0 radical (unpaired) electrons. The van der Waals surface area contributed by atoms with Crippen molar-refractivity contribution in [2.75, 3.05) is 19.0 Å². The van der Waals surface area contributed by atoms with Crippen molar-refractivity contribution in [2.45, 2.75) is 46.0 Å². The Kier molecular flexibility index (Phi) is 7.44. The van der Waals surface area contributed by atoms with Gasteiger partial charge in [-0.05, 0) is 54.2 Å². The molecule has 1 N–H and O–H groups in total. The Hall–Kier alpha value is -4.38. The fraction of sp³-hybridized carbons (Fsp3) is 0.310. The van der Waals surface area contributed by atoms with Crippen molar-refractivity contribution >= 4 is 22.6 Å². The molecule has 0 aliphatic heterocycles. The van der Waals surface area contributed by atoms with Crippen LogP contribution in [0, 0.1) is 18.3 Å². The third kappa shape index (κ3) is 5.72.